The summed E-state index contributed by atoms with van der Waals surface area (Å²) in [4.78, 5) is 17.8. The first-order chi connectivity index (χ1) is 13.7. The standard InChI is InChI=1S/C22H24N2O4/c1-27-17-4-5-18-19(13-17)28-14-16-3-2-9-23-22(16)21(18)15-6-10-24(11-7-15)12-8-20(25)26/h2-5,9,13H,6-8,10-12,14H2,1H3,(H,25,26). The van der Waals surface area contributed by atoms with E-state index in [4.69, 9.17) is 19.6 Å². The van der Waals surface area contributed by atoms with Gasteiger partial charge in [-0.2, -0.15) is 0 Å². The molecular weight excluding hydrogens is 356 g/mol. The van der Waals surface area contributed by atoms with E-state index in [1.807, 2.05) is 24.4 Å². The van der Waals surface area contributed by atoms with Gasteiger partial charge in [-0.3, -0.25) is 9.78 Å². The second kappa shape index (κ2) is 8.02. The number of aromatic nitrogens is 1. The number of benzene rings is 1. The molecule has 1 aromatic carbocycles. The smallest absolute Gasteiger partial charge is 0.304 e. The maximum atomic E-state index is 10.9. The van der Waals surface area contributed by atoms with Crippen LogP contribution in [0, 0.1) is 0 Å². The summed E-state index contributed by atoms with van der Waals surface area (Å²) in [7, 11) is 1.65. The molecule has 28 heavy (non-hydrogen) atoms. The third-order valence-corrected chi connectivity index (χ3v) is 5.42. The van der Waals surface area contributed by atoms with Crippen LogP contribution >= 0.6 is 0 Å². The van der Waals surface area contributed by atoms with Gasteiger partial charge in [0, 0.05) is 48.6 Å². The molecule has 4 rings (SSSR count). The number of ether oxygens (including phenoxy) is 2. The number of carbonyl (C=O) groups is 1. The van der Waals surface area contributed by atoms with Crippen molar-refractivity contribution in [3.05, 3.63) is 58.9 Å². The average Bonchev–Trinajstić information content (AvgIpc) is 2.89. The Bertz CT molecular complexity index is 913. The van der Waals surface area contributed by atoms with Gasteiger partial charge >= 0.3 is 5.97 Å². The van der Waals surface area contributed by atoms with Gasteiger partial charge in [0.15, 0.2) is 0 Å². The number of carboxylic acids is 1. The van der Waals surface area contributed by atoms with Crippen molar-refractivity contribution in [2.75, 3.05) is 26.7 Å². The number of hydrogen-bond donors (Lipinski definition) is 1. The lowest BCUT2D eigenvalue weighted by molar-refractivity contribution is -0.137. The fraction of sp³-hybridized carbons (Fsp3) is 0.364. The van der Waals surface area contributed by atoms with Crippen molar-refractivity contribution in [1.82, 2.24) is 9.88 Å². The number of nitrogens with zero attached hydrogens (tertiary/aromatic N) is 2. The van der Waals surface area contributed by atoms with E-state index in [0.29, 0.717) is 13.2 Å². The maximum Gasteiger partial charge on any atom is 0.304 e. The minimum atomic E-state index is -0.744. The van der Waals surface area contributed by atoms with Crippen molar-refractivity contribution < 1.29 is 19.4 Å². The number of hydrogen-bond acceptors (Lipinski definition) is 5. The molecule has 2 aliphatic heterocycles. The summed E-state index contributed by atoms with van der Waals surface area (Å²) in [6.45, 7) is 2.80. The Kier molecular flexibility index (Phi) is 5.30. The summed E-state index contributed by atoms with van der Waals surface area (Å²) >= 11 is 0. The van der Waals surface area contributed by atoms with Crippen LogP contribution in [0.1, 0.15) is 36.1 Å². The molecule has 146 valence electrons. The third kappa shape index (κ3) is 3.73. The summed E-state index contributed by atoms with van der Waals surface area (Å²) < 4.78 is 11.5. The van der Waals surface area contributed by atoms with E-state index in [1.165, 1.54) is 5.57 Å². The van der Waals surface area contributed by atoms with Gasteiger partial charge in [0.05, 0.1) is 19.2 Å². The molecule has 6 nitrogen and oxygen atoms in total. The van der Waals surface area contributed by atoms with Crippen molar-refractivity contribution in [1.29, 1.82) is 0 Å². The number of methoxy groups -OCH3 is 1. The highest BCUT2D eigenvalue weighted by Crippen LogP contribution is 2.41. The number of fused-ring (bicyclic) bond motifs is 2. The van der Waals surface area contributed by atoms with Crippen LogP contribution in [0.5, 0.6) is 11.5 Å². The molecule has 0 amide bonds. The zero-order chi connectivity index (χ0) is 19.5. The van der Waals surface area contributed by atoms with Gasteiger partial charge in [0.25, 0.3) is 0 Å². The van der Waals surface area contributed by atoms with Crippen LogP contribution in [-0.4, -0.2) is 47.7 Å². The Morgan fingerprint density at radius 3 is 2.86 bits per heavy atom. The molecule has 3 heterocycles. The van der Waals surface area contributed by atoms with Crippen LogP contribution < -0.4 is 9.47 Å². The zero-order valence-electron chi connectivity index (χ0n) is 16.0. The van der Waals surface area contributed by atoms with Crippen LogP contribution in [0.4, 0.5) is 0 Å². The SMILES string of the molecule is COc1ccc2c(c1)OCc1cccnc1C2=C1CCN(CCC(=O)O)CC1. The lowest BCUT2D eigenvalue weighted by Gasteiger charge is -2.29. The topological polar surface area (TPSA) is 71.9 Å². The monoisotopic (exact) mass is 380 g/mol. The van der Waals surface area contributed by atoms with E-state index in [0.717, 1.165) is 59.8 Å². The molecule has 0 aliphatic carbocycles. The number of aliphatic carboxylic acids is 1. The Morgan fingerprint density at radius 1 is 1.29 bits per heavy atom. The second-order valence-electron chi connectivity index (χ2n) is 7.13. The molecule has 1 aromatic heterocycles. The van der Waals surface area contributed by atoms with E-state index in [2.05, 4.69) is 17.0 Å². The van der Waals surface area contributed by atoms with Crippen LogP contribution in [0.25, 0.3) is 5.57 Å². The van der Waals surface area contributed by atoms with E-state index >= 15 is 0 Å². The predicted octanol–water partition coefficient (Wildman–Crippen LogP) is 3.36. The highest BCUT2D eigenvalue weighted by molar-refractivity contribution is 5.85. The van der Waals surface area contributed by atoms with Crippen molar-refractivity contribution in [3.63, 3.8) is 0 Å². The molecule has 1 fully saturated rings. The maximum absolute atomic E-state index is 10.9. The van der Waals surface area contributed by atoms with Crippen molar-refractivity contribution in [2.24, 2.45) is 0 Å². The van der Waals surface area contributed by atoms with Crippen LogP contribution in [0.15, 0.2) is 42.1 Å². The summed E-state index contributed by atoms with van der Waals surface area (Å²) in [5.74, 6) is 0.838. The molecule has 0 unspecified atom stereocenters. The first-order valence-corrected chi connectivity index (χ1v) is 9.57. The first-order valence-electron chi connectivity index (χ1n) is 9.57. The molecule has 6 heteroatoms. The lowest BCUT2D eigenvalue weighted by atomic mass is 9.89. The Morgan fingerprint density at radius 2 is 2.11 bits per heavy atom. The molecule has 0 saturated carbocycles. The largest absolute Gasteiger partial charge is 0.497 e. The number of pyridine rings is 1. The highest BCUT2D eigenvalue weighted by atomic mass is 16.5. The zero-order valence-corrected chi connectivity index (χ0v) is 16.0. The molecule has 0 spiro atoms. The summed E-state index contributed by atoms with van der Waals surface area (Å²) in [5, 5.41) is 8.92. The Balaban J connectivity index is 1.71. The van der Waals surface area contributed by atoms with Gasteiger partial charge in [-0.05, 0) is 31.0 Å². The van der Waals surface area contributed by atoms with Crippen molar-refractivity contribution in [3.8, 4) is 11.5 Å². The molecule has 1 saturated heterocycles. The summed E-state index contributed by atoms with van der Waals surface area (Å²) in [6, 6.07) is 9.95. The van der Waals surface area contributed by atoms with Crippen molar-refractivity contribution in [2.45, 2.75) is 25.9 Å². The Labute approximate surface area is 164 Å². The van der Waals surface area contributed by atoms with Crippen LogP contribution in [0.3, 0.4) is 0 Å². The molecule has 2 aromatic rings. The second-order valence-corrected chi connectivity index (χ2v) is 7.13. The van der Waals surface area contributed by atoms with Gasteiger partial charge in [0.2, 0.25) is 0 Å². The van der Waals surface area contributed by atoms with Gasteiger partial charge in [-0.25, -0.2) is 0 Å². The molecule has 2 aliphatic rings. The van der Waals surface area contributed by atoms with E-state index in [-0.39, 0.29) is 6.42 Å². The van der Waals surface area contributed by atoms with Crippen LogP contribution in [0.2, 0.25) is 0 Å². The van der Waals surface area contributed by atoms with Gasteiger partial charge in [0.1, 0.15) is 18.1 Å². The lowest BCUT2D eigenvalue weighted by Crippen LogP contribution is -2.33. The molecule has 1 N–H and O–H groups in total. The Hall–Kier alpha value is -2.86. The molecule has 0 atom stereocenters. The van der Waals surface area contributed by atoms with Crippen molar-refractivity contribution >= 4 is 11.5 Å². The van der Waals surface area contributed by atoms with Gasteiger partial charge in [-0.15, -0.1) is 0 Å². The van der Waals surface area contributed by atoms with E-state index in [9.17, 15) is 4.79 Å². The number of carboxylic acid groups (broad SMARTS) is 1. The summed E-state index contributed by atoms with van der Waals surface area (Å²) in [6.07, 6.45) is 3.82. The first kappa shape index (κ1) is 18.5. The van der Waals surface area contributed by atoms with Gasteiger partial charge in [-0.1, -0.05) is 11.6 Å². The number of piperidine rings is 1. The summed E-state index contributed by atoms with van der Waals surface area (Å²) in [5.41, 5.74) is 5.62. The normalized spacial score (nSPS) is 16.6. The third-order valence-electron chi connectivity index (χ3n) is 5.42. The fourth-order valence-electron chi connectivity index (χ4n) is 3.93. The number of rotatable bonds is 4. The highest BCUT2D eigenvalue weighted by Gasteiger charge is 2.26. The molecular formula is C22H24N2O4. The minimum Gasteiger partial charge on any atom is -0.497 e. The number of likely N-dealkylation sites (tertiary alicyclic amines) is 1. The molecule has 0 bridgehead atoms. The predicted molar refractivity (Wildman–Crippen MR) is 106 cm³/mol. The van der Waals surface area contributed by atoms with E-state index < -0.39 is 5.97 Å². The minimum absolute atomic E-state index is 0.187. The average molecular weight is 380 g/mol. The fourth-order valence-corrected chi connectivity index (χ4v) is 3.93. The van der Waals surface area contributed by atoms with Gasteiger partial charge < -0.3 is 19.5 Å². The quantitative estimate of drug-likeness (QED) is 0.877. The van der Waals surface area contributed by atoms with E-state index in [1.54, 1.807) is 7.11 Å². The molecule has 0 radical (unpaired) electrons. The van der Waals surface area contributed by atoms with Crippen LogP contribution in [-0.2, 0) is 11.4 Å².